The third-order valence-electron chi connectivity index (χ3n) is 6.22. The first-order valence-electron chi connectivity index (χ1n) is 10.2. The first kappa shape index (κ1) is 22.0. The Morgan fingerprint density at radius 3 is 2.59 bits per heavy atom. The van der Waals surface area contributed by atoms with E-state index in [1.54, 1.807) is 0 Å². The van der Waals surface area contributed by atoms with Gasteiger partial charge in [-0.2, -0.15) is 0 Å². The van der Waals surface area contributed by atoms with Gasteiger partial charge in [0.05, 0.1) is 5.69 Å². The topological polar surface area (TPSA) is 69.7 Å². The maximum absolute atomic E-state index is 13.7. The predicted molar refractivity (Wildman–Crippen MR) is 122 cm³/mol. The molecule has 32 heavy (non-hydrogen) atoms. The summed E-state index contributed by atoms with van der Waals surface area (Å²) in [6.45, 7) is 6.46. The van der Waals surface area contributed by atoms with E-state index in [-0.39, 0.29) is 22.7 Å². The van der Waals surface area contributed by atoms with Crippen molar-refractivity contribution in [3.05, 3.63) is 63.9 Å². The van der Waals surface area contributed by atoms with Crippen molar-refractivity contribution in [1.82, 2.24) is 5.32 Å². The number of halogens is 2. The number of hydrogen-bond donors (Lipinski definition) is 1. The van der Waals surface area contributed by atoms with E-state index in [2.05, 4.69) is 31.0 Å². The molecule has 1 N–H and O–H groups in total. The summed E-state index contributed by atoms with van der Waals surface area (Å²) in [6.07, 6.45) is 2.31. The second kappa shape index (κ2) is 7.74. The second-order valence-electron chi connectivity index (χ2n) is 8.85. The average Bonchev–Trinajstić information content (AvgIpc) is 2.69. The van der Waals surface area contributed by atoms with Gasteiger partial charge in [-0.1, -0.05) is 24.6 Å². The van der Waals surface area contributed by atoms with Crippen molar-refractivity contribution in [2.24, 2.45) is 0 Å². The molecule has 2 heterocycles. The van der Waals surface area contributed by atoms with Gasteiger partial charge in [-0.15, -0.1) is 0 Å². The van der Waals surface area contributed by atoms with Crippen LogP contribution >= 0.6 is 11.6 Å². The zero-order chi connectivity index (χ0) is 23.4. The fourth-order valence-corrected chi connectivity index (χ4v) is 4.59. The van der Waals surface area contributed by atoms with E-state index in [1.807, 2.05) is 19.2 Å². The van der Waals surface area contributed by atoms with Crippen LogP contribution in [0.25, 0.3) is 6.08 Å². The molecule has 0 spiro atoms. The molecule has 0 saturated carbocycles. The summed E-state index contributed by atoms with van der Waals surface area (Å²) in [4.78, 5) is 40.8. The van der Waals surface area contributed by atoms with Crippen molar-refractivity contribution < 1.29 is 18.8 Å². The quantitative estimate of drug-likeness (QED) is 0.518. The lowest BCUT2D eigenvalue weighted by Gasteiger charge is -2.45. The van der Waals surface area contributed by atoms with Crippen LogP contribution < -0.4 is 15.1 Å². The van der Waals surface area contributed by atoms with Crippen LogP contribution in [0.15, 0.2) is 42.0 Å². The zero-order valence-corrected chi connectivity index (χ0v) is 19.0. The van der Waals surface area contributed by atoms with Gasteiger partial charge in [0.1, 0.15) is 11.4 Å². The van der Waals surface area contributed by atoms with Gasteiger partial charge < -0.3 is 4.90 Å². The fraction of sp³-hybridized carbons (Fsp3) is 0.292. The molecule has 4 amide bonds. The van der Waals surface area contributed by atoms with Crippen molar-refractivity contribution in [3.8, 4) is 0 Å². The smallest absolute Gasteiger partial charge is 0.335 e. The van der Waals surface area contributed by atoms with Crippen LogP contribution in [0.1, 0.15) is 44.2 Å². The molecule has 0 bridgehead atoms. The molecule has 4 rings (SSSR count). The number of fused-ring (bicyclic) bond motifs is 1. The van der Waals surface area contributed by atoms with Crippen molar-refractivity contribution in [2.45, 2.75) is 38.6 Å². The maximum atomic E-state index is 13.7. The summed E-state index contributed by atoms with van der Waals surface area (Å²) in [7, 11) is 2.01. The molecule has 1 fully saturated rings. The summed E-state index contributed by atoms with van der Waals surface area (Å²) in [5, 5.41) is 2.52. The van der Waals surface area contributed by atoms with Gasteiger partial charge >= 0.3 is 6.03 Å². The van der Waals surface area contributed by atoms with Gasteiger partial charge in [-0.25, -0.2) is 14.1 Å². The number of imide groups is 2. The fourth-order valence-electron chi connectivity index (χ4n) is 4.38. The number of nitrogens with one attached hydrogen (secondary N) is 1. The van der Waals surface area contributed by atoms with E-state index >= 15 is 0 Å². The minimum atomic E-state index is -0.934. The number of urea groups is 1. The van der Waals surface area contributed by atoms with Crippen molar-refractivity contribution in [1.29, 1.82) is 0 Å². The lowest BCUT2D eigenvalue weighted by atomic mass is 9.80. The third kappa shape index (κ3) is 3.66. The normalized spacial score (nSPS) is 21.6. The number of carbonyl (C=O) groups is 3. The van der Waals surface area contributed by atoms with Crippen LogP contribution in [0.5, 0.6) is 0 Å². The Hall–Kier alpha value is -3.19. The number of barbiturate groups is 1. The lowest BCUT2D eigenvalue weighted by Crippen LogP contribution is -2.54. The lowest BCUT2D eigenvalue weighted by molar-refractivity contribution is -0.122. The summed E-state index contributed by atoms with van der Waals surface area (Å²) < 4.78 is 13.7. The maximum Gasteiger partial charge on any atom is 0.335 e. The van der Waals surface area contributed by atoms with E-state index in [4.69, 9.17) is 11.6 Å². The van der Waals surface area contributed by atoms with Crippen LogP contribution in [0, 0.1) is 5.82 Å². The molecule has 0 unspecified atom stereocenters. The Morgan fingerprint density at radius 2 is 1.91 bits per heavy atom. The molecule has 6 nitrogen and oxygen atoms in total. The van der Waals surface area contributed by atoms with Crippen LogP contribution in [0.2, 0.25) is 5.02 Å². The minimum absolute atomic E-state index is 0.0277. The minimum Gasteiger partial charge on any atom is -0.369 e. The van der Waals surface area contributed by atoms with E-state index in [9.17, 15) is 18.8 Å². The Morgan fingerprint density at radius 1 is 1.19 bits per heavy atom. The Kier molecular flexibility index (Phi) is 5.33. The van der Waals surface area contributed by atoms with Gasteiger partial charge in [-0.3, -0.25) is 14.9 Å². The molecule has 8 heteroatoms. The van der Waals surface area contributed by atoms with Crippen molar-refractivity contribution in [3.63, 3.8) is 0 Å². The number of nitrogens with zero attached hydrogens (tertiary/aromatic N) is 2. The molecule has 1 atom stereocenters. The van der Waals surface area contributed by atoms with Crippen LogP contribution in [0.3, 0.4) is 0 Å². The Bertz CT molecular complexity index is 1190. The van der Waals surface area contributed by atoms with Crippen LogP contribution in [-0.2, 0) is 9.59 Å². The van der Waals surface area contributed by atoms with E-state index in [1.165, 1.54) is 24.3 Å². The number of rotatable bonds is 2. The molecule has 1 saturated heterocycles. The molecule has 2 aromatic carbocycles. The molecule has 2 aliphatic heterocycles. The number of carbonyl (C=O) groups excluding carboxylic acids is 3. The molecule has 2 aliphatic rings. The molecule has 0 aliphatic carbocycles. The molecule has 166 valence electrons. The van der Waals surface area contributed by atoms with Crippen molar-refractivity contribution in [2.75, 3.05) is 16.8 Å². The largest absolute Gasteiger partial charge is 0.369 e. The molecule has 2 aromatic rings. The van der Waals surface area contributed by atoms with E-state index in [0.29, 0.717) is 10.6 Å². The zero-order valence-electron chi connectivity index (χ0n) is 18.2. The summed E-state index contributed by atoms with van der Waals surface area (Å²) in [5.41, 5.74) is 2.28. The highest BCUT2D eigenvalue weighted by atomic mass is 35.5. The number of amides is 4. The number of anilines is 2. The monoisotopic (exact) mass is 455 g/mol. The van der Waals surface area contributed by atoms with Gasteiger partial charge in [0.2, 0.25) is 0 Å². The first-order valence-corrected chi connectivity index (χ1v) is 10.6. The summed E-state index contributed by atoms with van der Waals surface area (Å²) >= 11 is 6.54. The highest BCUT2D eigenvalue weighted by molar-refractivity contribution is 6.40. The second-order valence-corrected chi connectivity index (χ2v) is 9.25. The number of benzene rings is 2. The molecule has 0 aromatic heterocycles. The van der Waals surface area contributed by atoms with Crippen LogP contribution in [-0.4, -0.2) is 30.4 Å². The van der Waals surface area contributed by atoms with Gasteiger partial charge in [0.25, 0.3) is 11.8 Å². The average molecular weight is 456 g/mol. The SMILES string of the molecule is C[C@H]1CC(C)(C)N(C)c2cc(Cl)c(/C=C3\C(=O)NC(=O)N(c4cccc(F)c4)C3=O)cc21. The highest BCUT2D eigenvalue weighted by Gasteiger charge is 2.38. The Balaban J connectivity index is 1.78. The molecular weight excluding hydrogens is 433 g/mol. The third-order valence-corrected chi connectivity index (χ3v) is 6.55. The first-order chi connectivity index (χ1) is 15.0. The molecule has 0 radical (unpaired) electrons. The van der Waals surface area contributed by atoms with E-state index in [0.717, 1.165) is 28.6 Å². The Labute approximate surface area is 190 Å². The van der Waals surface area contributed by atoms with Crippen LogP contribution in [0.4, 0.5) is 20.6 Å². The van der Waals surface area contributed by atoms with Gasteiger partial charge in [-0.05, 0) is 73.7 Å². The molecular formula is C24H23ClFN3O3. The standard InChI is InChI=1S/C24H23ClFN3O3/c1-13-12-24(2,3)28(4)20-11-19(25)14(8-17(13)20)9-18-21(30)27-23(32)29(22(18)31)16-7-5-6-15(26)10-16/h5-11,13H,12H2,1-4H3,(H,27,30,32)/b18-9+/t13-/m0/s1. The van der Waals surface area contributed by atoms with E-state index < -0.39 is 23.7 Å². The van der Waals surface area contributed by atoms with Crippen molar-refractivity contribution >= 4 is 46.9 Å². The summed E-state index contributed by atoms with van der Waals surface area (Å²) in [5.74, 6) is -2.03. The predicted octanol–water partition coefficient (Wildman–Crippen LogP) is 4.87. The number of hydrogen-bond acceptors (Lipinski definition) is 4. The highest BCUT2D eigenvalue weighted by Crippen LogP contribution is 2.44. The summed E-state index contributed by atoms with van der Waals surface area (Å²) in [6, 6.07) is 7.83. The van der Waals surface area contributed by atoms with Gasteiger partial charge in [0.15, 0.2) is 0 Å². The van der Waals surface area contributed by atoms with Gasteiger partial charge in [0, 0.05) is 23.3 Å².